The first-order valence-corrected chi connectivity index (χ1v) is 4.70. The maximum absolute atomic E-state index is 11.5. The van der Waals surface area contributed by atoms with Crippen LogP contribution in [-0.2, 0) is 4.79 Å². The van der Waals surface area contributed by atoms with E-state index in [1.807, 2.05) is 32.3 Å². The molecule has 0 aliphatic carbocycles. The third kappa shape index (κ3) is 2.43. The monoisotopic (exact) mass is 208 g/mol. The quantitative estimate of drug-likeness (QED) is 0.697. The highest BCUT2D eigenvalue weighted by Gasteiger charge is 2.21. The molecule has 3 nitrogen and oxygen atoms in total. The number of pyridine rings is 1. The molecule has 0 aromatic carbocycles. The Morgan fingerprint density at radius 3 is 2.71 bits per heavy atom. The fourth-order valence-electron chi connectivity index (χ4n) is 1.27. The van der Waals surface area contributed by atoms with Crippen molar-refractivity contribution in [1.29, 1.82) is 0 Å². The Morgan fingerprint density at radius 2 is 2.29 bits per heavy atom. The number of hydrogen-bond donors (Lipinski definition) is 0. The lowest BCUT2D eigenvalue weighted by Gasteiger charge is -2.20. The molecule has 0 fully saturated rings. The molecule has 0 aliphatic rings. The highest BCUT2D eigenvalue weighted by molar-refractivity contribution is 7.80. The summed E-state index contributed by atoms with van der Waals surface area (Å²) >= 11 is 4.64. The van der Waals surface area contributed by atoms with Crippen LogP contribution < -0.4 is 0 Å². The lowest BCUT2D eigenvalue weighted by atomic mass is 10.1. The van der Waals surface area contributed by atoms with Crippen LogP contribution in [0.1, 0.15) is 11.7 Å². The Hall–Kier alpha value is -1.13. The van der Waals surface area contributed by atoms with Gasteiger partial charge in [-0.2, -0.15) is 0 Å². The van der Waals surface area contributed by atoms with Crippen molar-refractivity contribution in [2.45, 2.75) is 6.04 Å². The number of Topliss-reactive ketones (excluding diaryl/α,β-unsaturated/α-hetero) is 1. The molecule has 0 spiro atoms. The van der Waals surface area contributed by atoms with Crippen molar-refractivity contribution in [2.24, 2.45) is 0 Å². The van der Waals surface area contributed by atoms with Gasteiger partial charge in [-0.05, 0) is 26.2 Å². The molecule has 0 radical (unpaired) electrons. The number of aromatic nitrogens is 1. The average molecular weight is 208 g/mol. The van der Waals surface area contributed by atoms with Gasteiger partial charge in [0.2, 0.25) is 0 Å². The molecular weight excluding hydrogens is 196 g/mol. The van der Waals surface area contributed by atoms with Gasteiger partial charge in [-0.25, -0.2) is 0 Å². The summed E-state index contributed by atoms with van der Waals surface area (Å²) in [6, 6.07) is 5.13. The van der Waals surface area contributed by atoms with Crippen LogP contribution in [0.3, 0.4) is 0 Å². The van der Waals surface area contributed by atoms with Crippen LogP contribution in [0, 0.1) is 0 Å². The average Bonchev–Trinajstić information content (AvgIpc) is 2.19. The van der Waals surface area contributed by atoms with E-state index in [2.05, 4.69) is 17.2 Å². The van der Waals surface area contributed by atoms with Crippen LogP contribution in [0.4, 0.5) is 0 Å². The summed E-state index contributed by atoms with van der Waals surface area (Å²) in [6.45, 7) is 0. The predicted molar refractivity (Wildman–Crippen MR) is 59.3 cm³/mol. The van der Waals surface area contributed by atoms with Crippen LogP contribution >= 0.6 is 12.2 Å². The third-order valence-corrected chi connectivity index (χ3v) is 2.10. The van der Waals surface area contributed by atoms with E-state index in [0.717, 1.165) is 5.69 Å². The van der Waals surface area contributed by atoms with Crippen molar-refractivity contribution < 1.29 is 4.79 Å². The zero-order chi connectivity index (χ0) is 10.6. The molecule has 0 saturated heterocycles. The van der Waals surface area contributed by atoms with Gasteiger partial charge in [0, 0.05) is 11.6 Å². The fraction of sp³-hybridized carbons (Fsp3) is 0.300. The third-order valence-electron chi connectivity index (χ3n) is 1.87. The maximum Gasteiger partial charge on any atom is 0.189 e. The molecule has 0 aliphatic heterocycles. The normalized spacial score (nSPS) is 12.5. The van der Waals surface area contributed by atoms with E-state index in [1.165, 1.54) is 5.37 Å². The second kappa shape index (κ2) is 4.93. The Balaban J connectivity index is 3.01. The van der Waals surface area contributed by atoms with Crippen molar-refractivity contribution in [2.75, 3.05) is 14.1 Å². The number of rotatable bonds is 4. The van der Waals surface area contributed by atoms with Crippen LogP contribution in [-0.4, -0.2) is 35.1 Å². The molecule has 1 unspecified atom stereocenters. The van der Waals surface area contributed by atoms with Crippen LogP contribution in [0.25, 0.3) is 0 Å². The zero-order valence-electron chi connectivity index (χ0n) is 8.18. The summed E-state index contributed by atoms with van der Waals surface area (Å²) < 4.78 is 0. The van der Waals surface area contributed by atoms with Gasteiger partial charge in [-0.3, -0.25) is 14.7 Å². The molecule has 1 aromatic rings. The Bertz CT molecular complexity index is 324. The molecule has 0 saturated carbocycles. The number of ketones is 1. The number of hydrogen-bond acceptors (Lipinski definition) is 4. The van der Waals surface area contributed by atoms with Gasteiger partial charge in [-0.15, -0.1) is 0 Å². The van der Waals surface area contributed by atoms with Crippen molar-refractivity contribution in [1.82, 2.24) is 9.88 Å². The van der Waals surface area contributed by atoms with Gasteiger partial charge in [0.05, 0.1) is 5.69 Å². The Labute approximate surface area is 88.8 Å². The summed E-state index contributed by atoms with van der Waals surface area (Å²) in [7, 11) is 3.66. The van der Waals surface area contributed by atoms with Gasteiger partial charge in [0.1, 0.15) is 6.04 Å². The number of nitrogens with zero attached hydrogens (tertiary/aromatic N) is 2. The molecule has 0 amide bonds. The summed E-state index contributed by atoms with van der Waals surface area (Å²) in [5.74, 6) is -0.108. The fourth-order valence-corrected chi connectivity index (χ4v) is 1.40. The molecule has 1 rings (SSSR count). The smallest absolute Gasteiger partial charge is 0.189 e. The molecule has 1 atom stereocenters. The second-order valence-electron chi connectivity index (χ2n) is 3.14. The molecule has 1 heterocycles. The molecule has 0 bridgehead atoms. The Morgan fingerprint density at radius 1 is 1.57 bits per heavy atom. The first kappa shape index (κ1) is 10.9. The molecule has 74 valence electrons. The second-order valence-corrected chi connectivity index (χ2v) is 3.38. The van der Waals surface area contributed by atoms with Gasteiger partial charge in [0.15, 0.2) is 5.78 Å². The van der Waals surface area contributed by atoms with Crippen LogP contribution in [0.2, 0.25) is 0 Å². The predicted octanol–water partition coefficient (Wildman–Crippen LogP) is 1.25. The van der Waals surface area contributed by atoms with Gasteiger partial charge < -0.3 is 0 Å². The summed E-state index contributed by atoms with van der Waals surface area (Å²) in [4.78, 5) is 17.5. The van der Waals surface area contributed by atoms with E-state index in [0.29, 0.717) is 0 Å². The standard InChI is InChI=1S/C10H12N2OS/c1-12(2)10(9(13)7-14)8-5-3-4-6-11-8/h3-7,10H,1-2H3. The van der Waals surface area contributed by atoms with E-state index >= 15 is 0 Å². The van der Waals surface area contributed by atoms with E-state index in [-0.39, 0.29) is 11.8 Å². The largest absolute Gasteiger partial charge is 0.294 e. The molecule has 4 heteroatoms. The highest BCUT2D eigenvalue weighted by Crippen LogP contribution is 2.15. The number of likely N-dealkylation sites (N-methyl/N-ethyl adjacent to an activating group) is 1. The number of thiocarbonyl (C=S) groups is 1. The van der Waals surface area contributed by atoms with Gasteiger partial charge >= 0.3 is 0 Å². The number of carbonyl (C=O) groups excluding carboxylic acids is 1. The maximum atomic E-state index is 11.5. The number of carbonyl (C=O) groups is 1. The van der Waals surface area contributed by atoms with Gasteiger partial charge in [0.25, 0.3) is 0 Å². The van der Waals surface area contributed by atoms with E-state index in [4.69, 9.17) is 0 Å². The highest BCUT2D eigenvalue weighted by atomic mass is 32.1. The minimum absolute atomic E-state index is 0.108. The zero-order valence-corrected chi connectivity index (χ0v) is 8.99. The lowest BCUT2D eigenvalue weighted by Crippen LogP contribution is -2.28. The van der Waals surface area contributed by atoms with E-state index in [1.54, 1.807) is 11.1 Å². The first-order chi connectivity index (χ1) is 6.66. The summed E-state index contributed by atoms with van der Waals surface area (Å²) in [5.41, 5.74) is 0.726. The molecule has 0 N–H and O–H groups in total. The Kier molecular flexibility index (Phi) is 3.85. The molecule has 14 heavy (non-hydrogen) atoms. The van der Waals surface area contributed by atoms with Crippen molar-refractivity contribution >= 4 is 23.4 Å². The van der Waals surface area contributed by atoms with Crippen LogP contribution in [0.15, 0.2) is 24.4 Å². The summed E-state index contributed by atoms with van der Waals surface area (Å²) in [6.07, 6.45) is 1.67. The minimum atomic E-state index is -0.367. The topological polar surface area (TPSA) is 33.2 Å². The van der Waals surface area contributed by atoms with Gasteiger partial charge in [-0.1, -0.05) is 18.3 Å². The van der Waals surface area contributed by atoms with E-state index in [9.17, 15) is 4.79 Å². The van der Waals surface area contributed by atoms with E-state index < -0.39 is 0 Å². The van der Waals surface area contributed by atoms with Crippen molar-refractivity contribution in [3.8, 4) is 0 Å². The SMILES string of the molecule is CN(C)C(C(=O)C=S)c1ccccn1. The molecule has 1 aromatic heterocycles. The van der Waals surface area contributed by atoms with Crippen molar-refractivity contribution in [3.63, 3.8) is 0 Å². The molecular formula is C10H12N2OS. The minimum Gasteiger partial charge on any atom is -0.294 e. The van der Waals surface area contributed by atoms with Crippen LogP contribution in [0.5, 0.6) is 0 Å². The lowest BCUT2D eigenvalue weighted by molar-refractivity contribution is -0.116. The van der Waals surface area contributed by atoms with Crippen molar-refractivity contribution in [3.05, 3.63) is 30.1 Å². The summed E-state index contributed by atoms with van der Waals surface area (Å²) in [5, 5.41) is 1.17. The first-order valence-electron chi connectivity index (χ1n) is 4.23.